The van der Waals surface area contributed by atoms with Crippen molar-refractivity contribution in [2.45, 2.75) is 52.7 Å². The molecule has 2 rings (SSSR count). The average molecular weight is 577 g/mol. The van der Waals surface area contributed by atoms with E-state index in [9.17, 15) is 4.79 Å². The van der Waals surface area contributed by atoms with E-state index in [2.05, 4.69) is 40.7 Å². The minimum absolute atomic E-state index is 0. The topological polar surface area (TPSA) is 107 Å². The molecule has 0 saturated carbocycles. The number of hydrogen-bond acceptors (Lipinski definition) is 7. The quantitative estimate of drug-likeness (QED) is 0.246. The van der Waals surface area contributed by atoms with Gasteiger partial charge in [-0.25, -0.2) is 14.8 Å². The van der Waals surface area contributed by atoms with E-state index in [1.54, 1.807) is 12.4 Å². The van der Waals surface area contributed by atoms with Gasteiger partial charge in [-0.05, 0) is 47.6 Å². The number of nitrogens with one attached hydrogen (secondary N) is 3. The Hall–Kier alpha value is -1.89. The van der Waals surface area contributed by atoms with E-state index in [0.717, 1.165) is 57.7 Å². The molecule has 1 saturated heterocycles. The molecule has 10 nitrogen and oxygen atoms in total. The van der Waals surface area contributed by atoms with Crippen LogP contribution in [0.15, 0.2) is 23.5 Å². The van der Waals surface area contributed by atoms with Crippen LogP contribution < -0.4 is 20.9 Å². The van der Waals surface area contributed by atoms with Gasteiger partial charge in [-0.1, -0.05) is 0 Å². The number of nitrogens with zero attached hydrogens (tertiary/aromatic N) is 5. The number of halogens is 1. The summed E-state index contributed by atoms with van der Waals surface area (Å²) in [5.41, 5.74) is -1.06. The lowest BCUT2D eigenvalue weighted by Gasteiger charge is -2.34. The van der Waals surface area contributed by atoms with E-state index in [1.165, 1.54) is 0 Å². The van der Waals surface area contributed by atoms with Crippen LogP contribution in [0.4, 0.5) is 10.7 Å². The summed E-state index contributed by atoms with van der Waals surface area (Å²) in [6.45, 7) is 18.1. The molecule has 1 aliphatic rings. The molecule has 0 radical (unpaired) electrons. The van der Waals surface area contributed by atoms with E-state index >= 15 is 0 Å². The van der Waals surface area contributed by atoms with Crippen molar-refractivity contribution in [2.75, 3.05) is 57.3 Å². The number of ether oxygens (including phenoxy) is 1. The SMILES string of the molecule is CCNC(=NCC(C)(C)NC(=O)OC(C)(C)C)NCCN1CCN(c2ncccn2)CC1.I. The molecule has 1 aliphatic heterocycles. The summed E-state index contributed by atoms with van der Waals surface area (Å²) in [7, 11) is 0. The predicted octanol–water partition coefficient (Wildman–Crippen LogP) is 2.08. The molecule has 0 bridgehead atoms. The summed E-state index contributed by atoms with van der Waals surface area (Å²) >= 11 is 0. The lowest BCUT2D eigenvalue weighted by atomic mass is 10.1. The first-order valence-electron chi connectivity index (χ1n) is 11.4. The summed E-state index contributed by atoms with van der Waals surface area (Å²) < 4.78 is 5.35. The zero-order chi connectivity index (χ0) is 23.6. The lowest BCUT2D eigenvalue weighted by Crippen LogP contribution is -2.50. The number of carbonyl (C=O) groups excluding carboxylic acids is 1. The van der Waals surface area contributed by atoms with Gasteiger partial charge in [0.1, 0.15) is 5.60 Å². The highest BCUT2D eigenvalue weighted by molar-refractivity contribution is 14.0. The fourth-order valence-corrected chi connectivity index (χ4v) is 3.20. The van der Waals surface area contributed by atoms with Gasteiger partial charge < -0.3 is 25.6 Å². The number of anilines is 1. The van der Waals surface area contributed by atoms with Crippen LogP contribution in [-0.4, -0.2) is 90.4 Å². The number of guanidine groups is 1. The molecule has 1 fully saturated rings. The molecule has 188 valence electrons. The molecule has 2 heterocycles. The molecule has 0 aliphatic carbocycles. The van der Waals surface area contributed by atoms with Crippen LogP contribution in [0.5, 0.6) is 0 Å². The summed E-state index contributed by atoms with van der Waals surface area (Å²) in [5, 5.41) is 9.54. The third-order valence-electron chi connectivity index (χ3n) is 4.74. The van der Waals surface area contributed by atoms with Gasteiger partial charge in [0.05, 0.1) is 12.1 Å². The minimum atomic E-state index is -0.528. The summed E-state index contributed by atoms with van der Waals surface area (Å²) in [6.07, 6.45) is 3.13. The van der Waals surface area contributed by atoms with Crippen molar-refractivity contribution in [2.24, 2.45) is 4.99 Å². The maximum absolute atomic E-state index is 12.1. The van der Waals surface area contributed by atoms with E-state index < -0.39 is 17.2 Å². The van der Waals surface area contributed by atoms with Crippen molar-refractivity contribution < 1.29 is 9.53 Å². The maximum atomic E-state index is 12.1. The van der Waals surface area contributed by atoms with Gasteiger partial charge in [0.15, 0.2) is 5.96 Å². The van der Waals surface area contributed by atoms with Gasteiger partial charge in [0.2, 0.25) is 5.95 Å². The molecule has 3 N–H and O–H groups in total. The Morgan fingerprint density at radius 2 is 1.73 bits per heavy atom. The largest absolute Gasteiger partial charge is 0.444 e. The third kappa shape index (κ3) is 11.7. The van der Waals surface area contributed by atoms with Gasteiger partial charge in [-0.2, -0.15) is 0 Å². The van der Waals surface area contributed by atoms with Crippen LogP contribution in [-0.2, 0) is 4.74 Å². The van der Waals surface area contributed by atoms with Crippen molar-refractivity contribution in [1.82, 2.24) is 30.8 Å². The lowest BCUT2D eigenvalue weighted by molar-refractivity contribution is 0.0476. The molecule has 1 aromatic heterocycles. The Labute approximate surface area is 215 Å². The Morgan fingerprint density at radius 1 is 1.09 bits per heavy atom. The minimum Gasteiger partial charge on any atom is -0.444 e. The second-order valence-corrected chi connectivity index (χ2v) is 9.51. The fourth-order valence-electron chi connectivity index (χ4n) is 3.20. The van der Waals surface area contributed by atoms with Gasteiger partial charge >= 0.3 is 6.09 Å². The molecule has 0 unspecified atom stereocenters. The summed E-state index contributed by atoms with van der Waals surface area (Å²) in [4.78, 5) is 30.0. The van der Waals surface area contributed by atoms with Crippen molar-refractivity contribution in [3.63, 3.8) is 0 Å². The van der Waals surface area contributed by atoms with Crippen LogP contribution in [0.3, 0.4) is 0 Å². The standard InChI is InChI=1S/C22H40N8O2.HI/c1-7-23-18(27-17-22(5,6)28-20(31)32-21(2,3)4)24-11-12-29-13-15-30(16-14-29)19-25-9-8-10-26-19;/h8-10H,7,11-17H2,1-6H3,(H,28,31)(H2,23,24,27);1H. The van der Waals surface area contributed by atoms with Crippen LogP contribution in [0.25, 0.3) is 0 Å². The van der Waals surface area contributed by atoms with Crippen molar-refractivity contribution in [3.05, 3.63) is 18.5 Å². The Bertz CT molecular complexity index is 732. The molecule has 0 spiro atoms. The number of rotatable bonds is 8. The Morgan fingerprint density at radius 3 is 2.30 bits per heavy atom. The zero-order valence-electron chi connectivity index (χ0n) is 20.8. The molecule has 33 heavy (non-hydrogen) atoms. The third-order valence-corrected chi connectivity index (χ3v) is 4.74. The van der Waals surface area contributed by atoms with Crippen molar-refractivity contribution >= 4 is 42.0 Å². The monoisotopic (exact) mass is 576 g/mol. The number of piperazine rings is 1. The van der Waals surface area contributed by atoms with Crippen molar-refractivity contribution in [1.29, 1.82) is 0 Å². The molecule has 1 aromatic rings. The highest BCUT2D eigenvalue weighted by Gasteiger charge is 2.24. The Balaban J connectivity index is 0.00000544. The number of carbonyl (C=O) groups is 1. The number of hydrogen-bond donors (Lipinski definition) is 3. The van der Waals surface area contributed by atoms with Crippen LogP contribution in [0, 0.1) is 0 Å². The Kier molecular flexibility index (Phi) is 12.1. The predicted molar refractivity (Wildman–Crippen MR) is 144 cm³/mol. The van der Waals surface area contributed by atoms with E-state index in [1.807, 2.05) is 47.6 Å². The van der Waals surface area contributed by atoms with Crippen LogP contribution in [0.1, 0.15) is 41.5 Å². The molecule has 1 amide bonds. The molecule has 11 heteroatoms. The number of aromatic nitrogens is 2. The van der Waals surface area contributed by atoms with E-state index in [4.69, 9.17) is 4.74 Å². The number of amides is 1. The molecular weight excluding hydrogens is 535 g/mol. The van der Waals surface area contributed by atoms with E-state index in [-0.39, 0.29) is 24.0 Å². The van der Waals surface area contributed by atoms with E-state index in [0.29, 0.717) is 6.54 Å². The maximum Gasteiger partial charge on any atom is 0.408 e. The smallest absolute Gasteiger partial charge is 0.408 e. The average Bonchev–Trinajstić information content (AvgIpc) is 2.71. The van der Waals surface area contributed by atoms with Gasteiger partial charge in [-0.3, -0.25) is 9.89 Å². The number of alkyl carbamates (subject to hydrolysis) is 1. The summed E-state index contributed by atoms with van der Waals surface area (Å²) in [5.74, 6) is 1.54. The van der Waals surface area contributed by atoms with Crippen molar-refractivity contribution in [3.8, 4) is 0 Å². The first-order chi connectivity index (χ1) is 15.1. The molecular formula is C22H41IN8O2. The second kappa shape index (κ2) is 13.7. The van der Waals surface area contributed by atoms with Gasteiger partial charge in [0, 0.05) is 58.2 Å². The highest BCUT2D eigenvalue weighted by atomic mass is 127. The first kappa shape index (κ1) is 29.1. The second-order valence-electron chi connectivity index (χ2n) is 9.51. The normalized spacial score (nSPS) is 15.5. The van der Waals surface area contributed by atoms with Gasteiger partial charge in [0.25, 0.3) is 0 Å². The fraction of sp³-hybridized carbons (Fsp3) is 0.727. The van der Waals surface area contributed by atoms with Crippen LogP contribution in [0.2, 0.25) is 0 Å². The number of aliphatic imine (C=N–C) groups is 1. The van der Waals surface area contributed by atoms with Crippen LogP contribution >= 0.6 is 24.0 Å². The molecule has 0 atom stereocenters. The first-order valence-corrected chi connectivity index (χ1v) is 11.4. The highest BCUT2D eigenvalue weighted by Crippen LogP contribution is 2.10. The summed E-state index contributed by atoms with van der Waals surface area (Å²) in [6, 6.07) is 1.84. The van der Waals surface area contributed by atoms with Gasteiger partial charge in [-0.15, -0.1) is 24.0 Å². The molecule has 0 aromatic carbocycles. The zero-order valence-corrected chi connectivity index (χ0v) is 23.2.